The number of thiazole rings is 1. The molecule has 58 heavy (non-hydrogen) atoms. The number of para-hydroxylation sites is 1. The Balaban J connectivity index is 1.28. The lowest BCUT2D eigenvalue weighted by Gasteiger charge is -2.23. The molecule has 0 saturated heterocycles. The lowest BCUT2D eigenvalue weighted by atomic mass is 9.94. The first-order valence-corrected chi connectivity index (χ1v) is 20.6. The molecule has 6 aromatic rings. The molecular formula is C37H35F6N9O4S2. The van der Waals surface area contributed by atoms with Crippen LogP contribution in [0.3, 0.4) is 0 Å². The Morgan fingerprint density at radius 3 is 2.47 bits per heavy atom. The number of sulfonamides is 1. The molecule has 13 nitrogen and oxygen atoms in total. The van der Waals surface area contributed by atoms with Crippen molar-refractivity contribution in [3.63, 3.8) is 0 Å². The van der Waals surface area contributed by atoms with E-state index in [9.17, 15) is 35.9 Å². The number of aliphatic hydroxyl groups is 1. The van der Waals surface area contributed by atoms with Gasteiger partial charge in [0.1, 0.15) is 29.6 Å². The number of aromatic nitrogens is 6. The zero-order valence-corrected chi connectivity index (χ0v) is 32.8. The third kappa shape index (κ3) is 7.45. The molecule has 0 bridgehead atoms. The highest BCUT2D eigenvalue weighted by atomic mass is 32.2. The van der Waals surface area contributed by atoms with Crippen LogP contribution < -0.4 is 15.4 Å². The van der Waals surface area contributed by atoms with Crippen LogP contribution in [0.1, 0.15) is 66.9 Å². The molecule has 1 unspecified atom stereocenters. The highest BCUT2D eigenvalue weighted by molar-refractivity contribution is 7.92. The minimum absolute atomic E-state index is 0.0257. The maximum absolute atomic E-state index is 15.4. The average Bonchev–Trinajstić information content (AvgIpc) is 3.39. The summed E-state index contributed by atoms with van der Waals surface area (Å²) < 4.78 is 118. The van der Waals surface area contributed by atoms with Crippen molar-refractivity contribution >= 4 is 59.5 Å². The topological polar surface area (TPSA) is 169 Å². The van der Waals surface area contributed by atoms with E-state index in [1.165, 1.54) is 16.0 Å². The predicted molar refractivity (Wildman–Crippen MR) is 203 cm³/mol. The van der Waals surface area contributed by atoms with Gasteiger partial charge in [-0.2, -0.15) is 19.0 Å². The third-order valence-electron chi connectivity index (χ3n) is 10.0. The molecule has 4 aromatic heterocycles. The SMILES string of the molecule is Cn1nc(NS(C)(=O)=O)c2cccc(-c3cc4sc(NCC(C)(C)O)nc4nc3[C@H](Cc3cc(F)cc(F)c3)NC(=O)Cn3nc(C(F)F)c4c3C(F)(F)[C@@H]3CC43)c21. The summed E-state index contributed by atoms with van der Waals surface area (Å²) in [5.41, 5.74) is -1.34. The van der Waals surface area contributed by atoms with Crippen molar-refractivity contribution in [3.8, 4) is 11.1 Å². The summed E-state index contributed by atoms with van der Waals surface area (Å²) in [6.07, 6.45) is -2.46. The first-order chi connectivity index (χ1) is 27.2. The number of amides is 1. The van der Waals surface area contributed by atoms with Crippen LogP contribution in [0.2, 0.25) is 0 Å². The summed E-state index contributed by atoms with van der Waals surface area (Å²) in [6.45, 7) is 2.42. The van der Waals surface area contributed by atoms with Crippen molar-refractivity contribution in [1.29, 1.82) is 0 Å². The molecule has 3 atom stereocenters. The number of nitrogens with zero attached hydrogens (tertiary/aromatic N) is 6. The molecule has 306 valence electrons. The summed E-state index contributed by atoms with van der Waals surface area (Å²) in [4.78, 5) is 23.4. The number of hydrogen-bond acceptors (Lipinski definition) is 10. The second-order valence-electron chi connectivity index (χ2n) is 15.3. The molecule has 0 spiro atoms. The standard InChI is InChI=1S/C37H35F6N9O4S2/c1-36(2,54)15-44-35-47-34-25(57-35)13-21(19-6-5-7-20-30(19)51(3)49-33(20)50-58(4,55)56)28(46-34)24(10-16-8-17(38)11-18(39)9-16)45-26(53)14-52-31-27(29(48-52)32(40)41)22-12-23(22)37(31,42)43/h5-9,11,13,22-24,32,54H,10,12,14-15H2,1-4H3,(H,45,53)(H,49,50)(H,44,46,47)/t22?,23-,24+/m1/s1. The monoisotopic (exact) mass is 847 g/mol. The van der Waals surface area contributed by atoms with Gasteiger partial charge in [-0.3, -0.25) is 18.9 Å². The number of anilines is 2. The number of aryl methyl sites for hydroxylation is 1. The molecule has 21 heteroatoms. The van der Waals surface area contributed by atoms with E-state index in [2.05, 4.69) is 30.5 Å². The summed E-state index contributed by atoms with van der Waals surface area (Å²) in [5.74, 6) is -8.19. The van der Waals surface area contributed by atoms with Gasteiger partial charge in [0.25, 0.3) is 12.3 Å². The van der Waals surface area contributed by atoms with Crippen LogP contribution in [-0.2, 0) is 40.8 Å². The number of hydrogen-bond donors (Lipinski definition) is 4. The number of rotatable bonds is 13. The van der Waals surface area contributed by atoms with E-state index in [1.54, 1.807) is 45.2 Å². The van der Waals surface area contributed by atoms with Gasteiger partial charge in [0, 0.05) is 47.7 Å². The van der Waals surface area contributed by atoms with Gasteiger partial charge in [-0.15, -0.1) is 0 Å². The van der Waals surface area contributed by atoms with Crippen LogP contribution in [-0.4, -0.2) is 67.4 Å². The first-order valence-electron chi connectivity index (χ1n) is 17.9. The lowest BCUT2D eigenvalue weighted by Crippen LogP contribution is -2.35. The second kappa shape index (κ2) is 13.9. The lowest BCUT2D eigenvalue weighted by molar-refractivity contribution is -0.123. The molecule has 1 saturated carbocycles. The van der Waals surface area contributed by atoms with Gasteiger partial charge < -0.3 is 15.7 Å². The molecule has 2 aliphatic rings. The average molecular weight is 848 g/mol. The Labute approximate surface area is 330 Å². The molecule has 8 rings (SSSR count). The molecule has 0 aliphatic heterocycles. The summed E-state index contributed by atoms with van der Waals surface area (Å²) in [5, 5.41) is 25.0. The van der Waals surface area contributed by atoms with Gasteiger partial charge in [-0.25, -0.2) is 35.9 Å². The van der Waals surface area contributed by atoms with Gasteiger partial charge in [0.15, 0.2) is 16.6 Å². The maximum atomic E-state index is 15.4. The van der Waals surface area contributed by atoms with Crippen LogP contribution in [0.15, 0.2) is 42.5 Å². The van der Waals surface area contributed by atoms with Crippen molar-refractivity contribution in [2.24, 2.45) is 13.0 Å². The predicted octanol–water partition coefficient (Wildman–Crippen LogP) is 6.52. The van der Waals surface area contributed by atoms with Crippen molar-refractivity contribution in [3.05, 3.63) is 82.3 Å². The van der Waals surface area contributed by atoms with Crippen LogP contribution in [0.25, 0.3) is 32.4 Å². The van der Waals surface area contributed by atoms with E-state index in [-0.39, 0.29) is 47.7 Å². The Morgan fingerprint density at radius 2 is 1.79 bits per heavy atom. The molecule has 1 fully saturated rings. The van der Waals surface area contributed by atoms with Gasteiger partial charge in [-0.05, 0) is 62.4 Å². The summed E-state index contributed by atoms with van der Waals surface area (Å²) in [6, 6.07) is 8.19. The molecule has 0 radical (unpaired) electrons. The van der Waals surface area contributed by atoms with Crippen LogP contribution in [0.4, 0.5) is 37.3 Å². The number of carbonyl (C=O) groups is 1. The highest BCUT2D eigenvalue weighted by Gasteiger charge is 2.67. The normalized spacial score (nSPS) is 17.8. The van der Waals surface area contributed by atoms with Crippen molar-refractivity contribution in [2.45, 2.75) is 63.1 Å². The highest BCUT2D eigenvalue weighted by Crippen LogP contribution is 2.68. The zero-order chi connectivity index (χ0) is 41.6. The number of carbonyl (C=O) groups excluding carboxylic acids is 1. The fourth-order valence-electron chi connectivity index (χ4n) is 7.67. The molecule has 2 aromatic carbocycles. The molecule has 4 N–H and O–H groups in total. The Hall–Kier alpha value is -5.28. The number of alkyl halides is 4. The fourth-order valence-corrected chi connectivity index (χ4v) is 9.01. The summed E-state index contributed by atoms with van der Waals surface area (Å²) in [7, 11) is -2.18. The van der Waals surface area contributed by atoms with Gasteiger partial charge >= 0.3 is 0 Å². The number of fused-ring (bicyclic) bond motifs is 5. The zero-order valence-electron chi connectivity index (χ0n) is 31.1. The van der Waals surface area contributed by atoms with Gasteiger partial charge in [-0.1, -0.05) is 23.5 Å². The number of pyridine rings is 1. The number of nitrogens with one attached hydrogen (secondary N) is 3. The van der Waals surface area contributed by atoms with E-state index in [0.717, 1.165) is 18.4 Å². The van der Waals surface area contributed by atoms with Crippen LogP contribution in [0.5, 0.6) is 0 Å². The smallest absolute Gasteiger partial charge is 0.293 e. The van der Waals surface area contributed by atoms with Crippen LogP contribution >= 0.6 is 11.3 Å². The molecular weight excluding hydrogens is 813 g/mol. The van der Waals surface area contributed by atoms with E-state index in [4.69, 9.17) is 4.98 Å². The fraction of sp³-hybridized carbons (Fsp3) is 0.378. The van der Waals surface area contributed by atoms with Crippen molar-refractivity contribution in [2.75, 3.05) is 22.8 Å². The molecule has 4 heterocycles. The van der Waals surface area contributed by atoms with Crippen molar-refractivity contribution < 1.29 is 44.7 Å². The third-order valence-corrected chi connectivity index (χ3v) is 11.5. The number of benzene rings is 2. The minimum Gasteiger partial charge on any atom is -0.389 e. The van der Waals surface area contributed by atoms with E-state index in [0.29, 0.717) is 42.6 Å². The Morgan fingerprint density at radius 1 is 1.07 bits per heavy atom. The minimum atomic E-state index is -3.77. The van der Waals surface area contributed by atoms with Crippen LogP contribution in [0, 0.1) is 17.6 Å². The van der Waals surface area contributed by atoms with E-state index < -0.39 is 81.3 Å². The van der Waals surface area contributed by atoms with Crippen molar-refractivity contribution in [1.82, 2.24) is 34.8 Å². The summed E-state index contributed by atoms with van der Waals surface area (Å²) >= 11 is 1.19. The van der Waals surface area contributed by atoms with E-state index >= 15 is 8.78 Å². The largest absolute Gasteiger partial charge is 0.389 e. The van der Waals surface area contributed by atoms with Gasteiger partial charge in [0.2, 0.25) is 15.9 Å². The molecule has 1 amide bonds. The molecule has 2 aliphatic carbocycles. The Bertz CT molecular complexity index is 2730. The Kier molecular flexibility index (Phi) is 9.50. The van der Waals surface area contributed by atoms with E-state index in [1.807, 2.05) is 0 Å². The maximum Gasteiger partial charge on any atom is 0.293 e. The quantitative estimate of drug-likeness (QED) is 0.0946. The van der Waals surface area contributed by atoms with Gasteiger partial charge in [0.05, 0.1) is 33.8 Å². The first kappa shape index (κ1) is 39.5. The second-order valence-corrected chi connectivity index (χ2v) is 18.0. The number of halogens is 6.